The van der Waals surface area contributed by atoms with Gasteiger partial charge in [-0.15, -0.1) is 11.3 Å². The zero-order valence-electron chi connectivity index (χ0n) is 9.26. The zero-order chi connectivity index (χ0) is 11.0. The van der Waals surface area contributed by atoms with E-state index in [1.807, 2.05) is 0 Å². The molecule has 1 saturated carbocycles. The van der Waals surface area contributed by atoms with Gasteiger partial charge in [0, 0.05) is 4.88 Å². The highest BCUT2D eigenvalue weighted by molar-refractivity contribution is 7.14. The van der Waals surface area contributed by atoms with Gasteiger partial charge in [-0.05, 0) is 41.7 Å². The van der Waals surface area contributed by atoms with Gasteiger partial charge < -0.3 is 5.73 Å². The molecule has 2 aliphatic carbocycles. The van der Waals surface area contributed by atoms with Crippen molar-refractivity contribution in [3.8, 4) is 0 Å². The van der Waals surface area contributed by atoms with Gasteiger partial charge >= 0.3 is 0 Å². The molecule has 0 aromatic carbocycles. The molecule has 2 N–H and O–H groups in total. The van der Waals surface area contributed by atoms with Gasteiger partial charge in [0.1, 0.15) is 0 Å². The van der Waals surface area contributed by atoms with Crippen LogP contribution in [0.3, 0.4) is 0 Å². The minimum atomic E-state index is -0.247. The SMILES string of the molecule is Cc1sc(C(N)=O)c2c1C1C(C2)C1(C)C. The van der Waals surface area contributed by atoms with Crippen molar-refractivity contribution in [2.45, 2.75) is 33.1 Å². The maximum Gasteiger partial charge on any atom is 0.259 e. The summed E-state index contributed by atoms with van der Waals surface area (Å²) in [7, 11) is 0. The number of carbonyl (C=O) groups excluding carboxylic acids is 1. The second-order valence-electron chi connectivity index (χ2n) is 5.35. The van der Waals surface area contributed by atoms with E-state index in [1.54, 1.807) is 11.3 Å². The maximum atomic E-state index is 11.3. The van der Waals surface area contributed by atoms with E-state index >= 15 is 0 Å². The maximum absolute atomic E-state index is 11.3. The lowest BCUT2D eigenvalue weighted by Gasteiger charge is -2.08. The van der Waals surface area contributed by atoms with Crippen molar-refractivity contribution in [1.29, 1.82) is 0 Å². The molecule has 1 fully saturated rings. The van der Waals surface area contributed by atoms with Crippen LogP contribution >= 0.6 is 11.3 Å². The van der Waals surface area contributed by atoms with Crippen molar-refractivity contribution in [3.05, 3.63) is 20.9 Å². The van der Waals surface area contributed by atoms with Crippen molar-refractivity contribution >= 4 is 17.2 Å². The molecule has 0 spiro atoms. The molecule has 0 bridgehead atoms. The van der Waals surface area contributed by atoms with Gasteiger partial charge in [0.05, 0.1) is 4.88 Å². The largest absolute Gasteiger partial charge is 0.365 e. The summed E-state index contributed by atoms with van der Waals surface area (Å²) in [4.78, 5) is 13.4. The third-order valence-electron chi connectivity index (χ3n) is 4.24. The summed E-state index contributed by atoms with van der Waals surface area (Å²) in [6, 6.07) is 0. The molecule has 0 saturated heterocycles. The van der Waals surface area contributed by atoms with Crippen LogP contribution in [0.4, 0.5) is 0 Å². The van der Waals surface area contributed by atoms with Crippen LogP contribution < -0.4 is 5.73 Å². The summed E-state index contributed by atoms with van der Waals surface area (Å²) >= 11 is 1.58. The minimum absolute atomic E-state index is 0.247. The summed E-state index contributed by atoms with van der Waals surface area (Å²) in [5.74, 6) is 1.20. The van der Waals surface area contributed by atoms with Crippen LogP contribution in [0.5, 0.6) is 0 Å². The smallest absolute Gasteiger partial charge is 0.259 e. The van der Waals surface area contributed by atoms with E-state index in [1.165, 1.54) is 16.0 Å². The van der Waals surface area contributed by atoms with Crippen molar-refractivity contribution < 1.29 is 4.79 Å². The molecule has 2 atom stereocenters. The summed E-state index contributed by atoms with van der Waals surface area (Å²) in [6.45, 7) is 6.77. The van der Waals surface area contributed by atoms with Crippen LogP contribution in [-0.4, -0.2) is 5.91 Å². The number of amides is 1. The molecule has 3 rings (SSSR count). The van der Waals surface area contributed by atoms with Gasteiger partial charge in [0.25, 0.3) is 5.91 Å². The Morgan fingerprint density at radius 3 is 2.80 bits per heavy atom. The Morgan fingerprint density at radius 1 is 1.53 bits per heavy atom. The topological polar surface area (TPSA) is 43.1 Å². The van der Waals surface area contributed by atoms with E-state index in [4.69, 9.17) is 5.73 Å². The van der Waals surface area contributed by atoms with Crippen LogP contribution in [0, 0.1) is 18.3 Å². The fourth-order valence-corrected chi connectivity index (χ4v) is 4.41. The predicted octanol–water partition coefficient (Wildman–Crippen LogP) is 2.45. The lowest BCUT2D eigenvalue weighted by molar-refractivity contribution is 0.100. The normalized spacial score (nSPS) is 29.8. The molecule has 2 nitrogen and oxygen atoms in total. The Morgan fingerprint density at radius 2 is 2.20 bits per heavy atom. The van der Waals surface area contributed by atoms with E-state index in [-0.39, 0.29) is 5.91 Å². The lowest BCUT2D eigenvalue weighted by Crippen LogP contribution is -2.12. The molecule has 0 aliphatic heterocycles. The number of fused-ring (bicyclic) bond motifs is 3. The highest BCUT2D eigenvalue weighted by Crippen LogP contribution is 2.71. The molecule has 80 valence electrons. The van der Waals surface area contributed by atoms with Crippen LogP contribution in [-0.2, 0) is 6.42 Å². The number of hydrogen-bond donors (Lipinski definition) is 1. The second-order valence-corrected chi connectivity index (χ2v) is 6.58. The molecule has 1 aromatic rings. The number of carbonyl (C=O) groups is 1. The number of thiophene rings is 1. The number of primary amides is 1. The Labute approximate surface area is 93.5 Å². The summed E-state index contributed by atoms with van der Waals surface area (Å²) < 4.78 is 0. The molecule has 3 heteroatoms. The van der Waals surface area contributed by atoms with E-state index in [2.05, 4.69) is 20.8 Å². The highest BCUT2D eigenvalue weighted by atomic mass is 32.1. The molecule has 15 heavy (non-hydrogen) atoms. The minimum Gasteiger partial charge on any atom is -0.365 e. The second kappa shape index (κ2) is 2.46. The molecule has 1 aromatic heterocycles. The Kier molecular flexibility index (Phi) is 1.54. The quantitative estimate of drug-likeness (QED) is 0.777. The molecular formula is C12H15NOS. The van der Waals surface area contributed by atoms with Gasteiger partial charge in [0.15, 0.2) is 0 Å². The molecule has 1 heterocycles. The van der Waals surface area contributed by atoms with E-state index in [0.29, 0.717) is 11.3 Å². The predicted molar refractivity (Wildman–Crippen MR) is 61.3 cm³/mol. The molecule has 2 aliphatic rings. The van der Waals surface area contributed by atoms with Gasteiger partial charge in [-0.25, -0.2) is 0 Å². The highest BCUT2D eigenvalue weighted by Gasteiger charge is 2.63. The van der Waals surface area contributed by atoms with Gasteiger partial charge in [-0.1, -0.05) is 13.8 Å². The fraction of sp³-hybridized carbons (Fsp3) is 0.583. The van der Waals surface area contributed by atoms with Gasteiger partial charge in [-0.2, -0.15) is 0 Å². The van der Waals surface area contributed by atoms with Crippen LogP contribution in [0.15, 0.2) is 0 Å². The first-order valence-corrected chi connectivity index (χ1v) is 6.18. The molecule has 1 amide bonds. The molecule has 2 unspecified atom stereocenters. The van der Waals surface area contributed by atoms with Crippen LogP contribution in [0.2, 0.25) is 0 Å². The number of nitrogens with two attached hydrogens (primary N) is 1. The fourth-order valence-electron chi connectivity index (χ4n) is 3.33. The summed E-state index contributed by atoms with van der Waals surface area (Å²) in [5.41, 5.74) is 8.56. The van der Waals surface area contributed by atoms with E-state index in [9.17, 15) is 4.79 Å². The number of hydrogen-bond acceptors (Lipinski definition) is 2. The summed E-state index contributed by atoms with van der Waals surface area (Å²) in [6.07, 6.45) is 1.07. The number of rotatable bonds is 1. The Bertz CT molecular complexity index is 472. The first-order chi connectivity index (χ1) is 6.94. The summed E-state index contributed by atoms with van der Waals surface area (Å²) in [5, 5.41) is 0. The Balaban J connectivity index is 2.14. The van der Waals surface area contributed by atoms with Crippen molar-refractivity contribution in [3.63, 3.8) is 0 Å². The van der Waals surface area contributed by atoms with Crippen molar-refractivity contribution in [2.75, 3.05) is 0 Å². The zero-order valence-corrected chi connectivity index (χ0v) is 10.1. The van der Waals surface area contributed by atoms with Crippen LogP contribution in [0.25, 0.3) is 0 Å². The third-order valence-corrected chi connectivity index (χ3v) is 5.42. The first-order valence-electron chi connectivity index (χ1n) is 5.36. The van der Waals surface area contributed by atoms with Crippen molar-refractivity contribution in [1.82, 2.24) is 0 Å². The van der Waals surface area contributed by atoms with Crippen LogP contribution in [0.1, 0.15) is 45.4 Å². The standard InChI is InChI=1S/C12H15NOS/c1-5-8-6(10(15-5)11(13)14)4-7-9(8)12(7,2)3/h7,9H,4H2,1-3H3,(H2,13,14). The van der Waals surface area contributed by atoms with Gasteiger partial charge in [-0.3, -0.25) is 4.79 Å². The monoisotopic (exact) mass is 221 g/mol. The molecular weight excluding hydrogens is 206 g/mol. The van der Waals surface area contributed by atoms with E-state index in [0.717, 1.165) is 17.2 Å². The average molecular weight is 221 g/mol. The first kappa shape index (κ1) is 9.40. The average Bonchev–Trinajstić information content (AvgIpc) is 2.54. The van der Waals surface area contributed by atoms with Gasteiger partial charge in [0.2, 0.25) is 0 Å². The molecule has 0 radical (unpaired) electrons. The Hall–Kier alpha value is -0.830. The van der Waals surface area contributed by atoms with E-state index < -0.39 is 0 Å². The number of aryl methyl sites for hydroxylation is 1. The third kappa shape index (κ3) is 0.969. The lowest BCUT2D eigenvalue weighted by atomic mass is 9.95. The van der Waals surface area contributed by atoms with Crippen molar-refractivity contribution in [2.24, 2.45) is 17.1 Å².